The molecule has 5 rings (SSSR count). The number of carbonyl (C=O) groups excluding carboxylic acids is 1. The fourth-order valence-electron chi connectivity index (χ4n) is 4.88. The van der Waals surface area contributed by atoms with Crippen LogP contribution in [0.1, 0.15) is 31.7 Å². The molecule has 1 unspecified atom stereocenters. The summed E-state index contributed by atoms with van der Waals surface area (Å²) in [6.07, 6.45) is 3.19. The van der Waals surface area contributed by atoms with Crippen molar-refractivity contribution in [2.24, 2.45) is 5.92 Å². The van der Waals surface area contributed by atoms with Crippen LogP contribution in [-0.2, 0) is 11.2 Å². The summed E-state index contributed by atoms with van der Waals surface area (Å²) >= 11 is 5.96. The van der Waals surface area contributed by atoms with Crippen molar-refractivity contribution in [1.82, 2.24) is 10.2 Å². The highest BCUT2D eigenvalue weighted by Gasteiger charge is 2.34. The van der Waals surface area contributed by atoms with Gasteiger partial charge in [-0.2, -0.15) is 0 Å². The van der Waals surface area contributed by atoms with Gasteiger partial charge in [0.25, 0.3) is 0 Å². The molecule has 5 nitrogen and oxygen atoms in total. The number of halogens is 2. The third-order valence-electron chi connectivity index (χ3n) is 6.77. The van der Waals surface area contributed by atoms with E-state index in [0.29, 0.717) is 5.02 Å². The first-order valence-corrected chi connectivity index (χ1v) is 11.8. The van der Waals surface area contributed by atoms with Gasteiger partial charge in [0.2, 0.25) is 5.91 Å². The first kappa shape index (κ1) is 21.8. The Morgan fingerprint density at radius 1 is 1.00 bits per heavy atom. The van der Waals surface area contributed by atoms with E-state index >= 15 is 0 Å². The van der Waals surface area contributed by atoms with Crippen molar-refractivity contribution in [2.45, 2.75) is 38.6 Å². The van der Waals surface area contributed by atoms with E-state index in [9.17, 15) is 9.18 Å². The summed E-state index contributed by atoms with van der Waals surface area (Å²) in [6, 6.07) is 16.4. The van der Waals surface area contributed by atoms with E-state index in [2.05, 4.69) is 22.0 Å². The summed E-state index contributed by atoms with van der Waals surface area (Å²) in [6.45, 7) is 3.59. The zero-order valence-corrected chi connectivity index (χ0v) is 19.3. The van der Waals surface area contributed by atoms with Crippen molar-refractivity contribution >= 4 is 29.0 Å². The Bertz CT molecular complexity index is 1140. The van der Waals surface area contributed by atoms with Crippen LogP contribution in [0.15, 0.2) is 54.6 Å². The van der Waals surface area contributed by atoms with E-state index in [4.69, 9.17) is 11.6 Å². The third kappa shape index (κ3) is 4.44. The molecular formula is C26H26ClFN4O. The lowest BCUT2D eigenvalue weighted by Gasteiger charge is -2.39. The van der Waals surface area contributed by atoms with Gasteiger partial charge in [-0.05, 0) is 80.6 Å². The number of hydrogen-bond acceptors (Lipinski definition) is 4. The zero-order valence-electron chi connectivity index (χ0n) is 18.5. The van der Waals surface area contributed by atoms with Crippen LogP contribution < -0.4 is 9.80 Å². The number of nitrogens with zero attached hydrogens (tertiary/aromatic N) is 4. The number of aromatic nitrogens is 2. The molecule has 170 valence electrons. The van der Waals surface area contributed by atoms with E-state index < -0.39 is 0 Å². The van der Waals surface area contributed by atoms with Crippen LogP contribution in [0, 0.1) is 11.7 Å². The molecule has 1 saturated heterocycles. The number of piperidine rings is 1. The van der Waals surface area contributed by atoms with E-state index in [-0.39, 0.29) is 23.7 Å². The maximum absolute atomic E-state index is 13.7. The molecule has 1 atom stereocenters. The van der Waals surface area contributed by atoms with Crippen molar-refractivity contribution in [2.75, 3.05) is 22.9 Å². The van der Waals surface area contributed by atoms with E-state index in [1.165, 1.54) is 6.07 Å². The molecule has 3 heterocycles. The van der Waals surface area contributed by atoms with Gasteiger partial charge >= 0.3 is 0 Å². The molecule has 2 aliphatic rings. The minimum Gasteiger partial charge on any atom is -0.355 e. The Balaban J connectivity index is 1.25. The van der Waals surface area contributed by atoms with Crippen molar-refractivity contribution in [3.63, 3.8) is 0 Å². The quantitative estimate of drug-likeness (QED) is 0.512. The Hall–Kier alpha value is -2.99. The van der Waals surface area contributed by atoms with Crippen LogP contribution in [0.3, 0.4) is 0 Å². The van der Waals surface area contributed by atoms with Gasteiger partial charge in [-0.1, -0.05) is 23.7 Å². The number of amides is 1. The Morgan fingerprint density at radius 3 is 2.45 bits per heavy atom. The normalized spacial score (nSPS) is 18.8. The fraction of sp³-hybridized carbons (Fsp3) is 0.346. The van der Waals surface area contributed by atoms with Crippen molar-refractivity contribution in [1.29, 1.82) is 0 Å². The number of rotatable bonds is 3. The molecular weight excluding hydrogens is 439 g/mol. The predicted octanol–water partition coefficient (Wildman–Crippen LogP) is 5.52. The minimum absolute atomic E-state index is 0.0407. The van der Waals surface area contributed by atoms with Gasteiger partial charge in [-0.25, -0.2) is 4.39 Å². The molecule has 0 N–H and O–H groups in total. The Kier molecular flexibility index (Phi) is 6.02. The number of aryl methyl sites for hydroxylation is 1. The third-order valence-corrected chi connectivity index (χ3v) is 7.02. The second kappa shape index (κ2) is 9.10. The monoisotopic (exact) mass is 464 g/mol. The second-order valence-corrected chi connectivity index (χ2v) is 9.35. The highest BCUT2D eigenvalue weighted by molar-refractivity contribution is 6.30. The van der Waals surface area contributed by atoms with Gasteiger partial charge in [0.15, 0.2) is 5.82 Å². The number of hydrogen-bond donors (Lipinski definition) is 0. The van der Waals surface area contributed by atoms with Crippen LogP contribution in [0.25, 0.3) is 11.3 Å². The summed E-state index contributed by atoms with van der Waals surface area (Å²) in [7, 11) is 0. The summed E-state index contributed by atoms with van der Waals surface area (Å²) in [5, 5.41) is 9.50. The standard InChI is InChI=1S/C26H26ClFN4O/c1-17-2-3-20-16-22(28)8-10-24(20)32(17)26(33)19-12-14-31(15-13-19)25-11-9-23(29-30-25)18-4-6-21(27)7-5-18/h4-11,16-17,19H,2-3,12-15H2,1H3. The highest BCUT2D eigenvalue weighted by atomic mass is 35.5. The van der Waals surface area contributed by atoms with Crippen molar-refractivity contribution in [3.8, 4) is 11.3 Å². The van der Waals surface area contributed by atoms with Crippen molar-refractivity contribution in [3.05, 3.63) is 71.0 Å². The van der Waals surface area contributed by atoms with Gasteiger partial charge in [0.05, 0.1) is 5.69 Å². The van der Waals surface area contributed by atoms with E-state index in [0.717, 1.165) is 67.1 Å². The molecule has 3 aromatic rings. The maximum atomic E-state index is 13.7. The van der Waals surface area contributed by atoms with Gasteiger partial charge in [-0.3, -0.25) is 4.79 Å². The first-order chi connectivity index (χ1) is 16.0. The fourth-order valence-corrected chi connectivity index (χ4v) is 5.00. The lowest BCUT2D eigenvalue weighted by Crippen LogP contribution is -2.48. The topological polar surface area (TPSA) is 49.3 Å². The molecule has 2 aromatic carbocycles. The molecule has 0 bridgehead atoms. The minimum atomic E-state index is -0.243. The molecule has 1 fully saturated rings. The molecule has 0 radical (unpaired) electrons. The number of benzene rings is 2. The number of anilines is 2. The molecule has 0 spiro atoms. The maximum Gasteiger partial charge on any atom is 0.230 e. The average molecular weight is 465 g/mol. The second-order valence-electron chi connectivity index (χ2n) is 8.91. The molecule has 33 heavy (non-hydrogen) atoms. The summed E-state index contributed by atoms with van der Waals surface area (Å²) in [5.74, 6) is 0.692. The Morgan fingerprint density at radius 2 is 1.76 bits per heavy atom. The van der Waals surface area contributed by atoms with Crippen LogP contribution in [0.4, 0.5) is 15.9 Å². The van der Waals surface area contributed by atoms with Gasteiger partial charge in [0.1, 0.15) is 5.82 Å². The molecule has 1 aromatic heterocycles. The molecule has 0 saturated carbocycles. The van der Waals surface area contributed by atoms with E-state index in [1.807, 2.05) is 41.3 Å². The highest BCUT2D eigenvalue weighted by Crippen LogP contribution is 2.34. The molecule has 7 heteroatoms. The Labute approximate surface area is 198 Å². The molecule has 1 amide bonds. The first-order valence-electron chi connectivity index (χ1n) is 11.5. The average Bonchev–Trinajstić information content (AvgIpc) is 2.84. The summed E-state index contributed by atoms with van der Waals surface area (Å²) < 4.78 is 13.7. The number of fused-ring (bicyclic) bond motifs is 1. The molecule has 2 aliphatic heterocycles. The van der Waals surface area contributed by atoms with Gasteiger partial charge < -0.3 is 9.80 Å². The summed E-state index contributed by atoms with van der Waals surface area (Å²) in [4.78, 5) is 17.5. The smallest absolute Gasteiger partial charge is 0.230 e. The lowest BCUT2D eigenvalue weighted by molar-refractivity contribution is -0.123. The predicted molar refractivity (Wildman–Crippen MR) is 129 cm³/mol. The van der Waals surface area contributed by atoms with Crippen LogP contribution in [0.2, 0.25) is 5.02 Å². The van der Waals surface area contributed by atoms with Crippen LogP contribution in [0.5, 0.6) is 0 Å². The van der Waals surface area contributed by atoms with E-state index in [1.54, 1.807) is 12.1 Å². The molecule has 0 aliphatic carbocycles. The van der Waals surface area contributed by atoms with Crippen molar-refractivity contribution < 1.29 is 9.18 Å². The van der Waals surface area contributed by atoms with Gasteiger partial charge in [0, 0.05) is 41.3 Å². The lowest BCUT2D eigenvalue weighted by atomic mass is 9.90. The largest absolute Gasteiger partial charge is 0.355 e. The van der Waals surface area contributed by atoms with Crippen LogP contribution in [-0.4, -0.2) is 35.2 Å². The van der Waals surface area contributed by atoms with Crippen LogP contribution >= 0.6 is 11.6 Å². The van der Waals surface area contributed by atoms with Gasteiger partial charge in [-0.15, -0.1) is 10.2 Å². The summed E-state index contributed by atoms with van der Waals surface area (Å²) in [5.41, 5.74) is 3.56. The zero-order chi connectivity index (χ0) is 22.9. The SMILES string of the molecule is CC1CCc2cc(F)ccc2N1C(=O)C1CCN(c2ccc(-c3ccc(Cl)cc3)nn2)CC1. The number of carbonyl (C=O) groups is 1.